The molecule has 34 heavy (non-hydrogen) atoms. The van der Waals surface area contributed by atoms with Gasteiger partial charge in [0, 0.05) is 13.0 Å². The number of allylic oxidation sites excluding steroid dienone is 1. The third-order valence-corrected chi connectivity index (χ3v) is 10.4. The molecule has 1 saturated heterocycles. The second kappa shape index (κ2) is 7.55. The Bertz CT molecular complexity index is 1190. The maximum Gasteiger partial charge on any atom is 0.0974 e. The SMILES string of the molecule is CCCO[C@H]1CCC2=CC3=CC[C@]4(C)[C@@H](c5ccc6ccccc6c5)CC[C@H]4[C@@]34CC[C@]2(C1)O4. The molecule has 2 saturated carbocycles. The van der Waals surface area contributed by atoms with Gasteiger partial charge in [0.15, 0.2) is 0 Å². The van der Waals surface area contributed by atoms with E-state index >= 15 is 0 Å². The molecule has 2 aromatic rings. The Morgan fingerprint density at radius 2 is 1.91 bits per heavy atom. The van der Waals surface area contributed by atoms with Crippen LogP contribution in [0.5, 0.6) is 0 Å². The summed E-state index contributed by atoms with van der Waals surface area (Å²) in [6.07, 6.45) is 16.1. The van der Waals surface area contributed by atoms with E-state index in [1.807, 2.05) is 0 Å². The molecule has 2 spiro atoms. The summed E-state index contributed by atoms with van der Waals surface area (Å²) in [6, 6.07) is 16.0. The normalized spacial score (nSPS) is 40.4. The van der Waals surface area contributed by atoms with Gasteiger partial charge in [0.2, 0.25) is 0 Å². The van der Waals surface area contributed by atoms with Crippen LogP contribution < -0.4 is 0 Å². The Balaban J connectivity index is 1.24. The highest BCUT2D eigenvalue weighted by Gasteiger charge is 2.66. The first-order chi connectivity index (χ1) is 16.6. The van der Waals surface area contributed by atoms with E-state index in [9.17, 15) is 0 Å². The van der Waals surface area contributed by atoms with Gasteiger partial charge in [-0.1, -0.05) is 68.5 Å². The Kier molecular flexibility index (Phi) is 4.75. The molecular formula is C32H38O2. The molecule has 3 fully saturated rings. The van der Waals surface area contributed by atoms with E-state index in [1.54, 1.807) is 5.57 Å². The Labute approximate surface area is 204 Å². The van der Waals surface area contributed by atoms with Crippen molar-refractivity contribution in [2.45, 2.75) is 94.9 Å². The van der Waals surface area contributed by atoms with Crippen molar-refractivity contribution in [3.8, 4) is 0 Å². The quantitative estimate of drug-likeness (QED) is 0.468. The van der Waals surface area contributed by atoms with Crippen LogP contribution in [0.4, 0.5) is 0 Å². The highest BCUT2D eigenvalue weighted by atomic mass is 16.5. The minimum absolute atomic E-state index is 0.0622. The van der Waals surface area contributed by atoms with Crippen LogP contribution in [-0.2, 0) is 9.47 Å². The van der Waals surface area contributed by atoms with Gasteiger partial charge in [-0.3, -0.25) is 0 Å². The van der Waals surface area contributed by atoms with E-state index in [-0.39, 0.29) is 16.6 Å². The minimum atomic E-state index is -0.0747. The molecule has 3 aliphatic carbocycles. The fraction of sp³-hybridized carbons (Fsp3) is 0.562. The van der Waals surface area contributed by atoms with Gasteiger partial charge in [-0.15, -0.1) is 0 Å². The first-order valence-electron chi connectivity index (χ1n) is 13.8. The third-order valence-electron chi connectivity index (χ3n) is 10.4. The molecule has 178 valence electrons. The number of hydrogen-bond donors (Lipinski definition) is 0. The molecule has 2 heteroatoms. The van der Waals surface area contributed by atoms with Gasteiger partial charge in [0.25, 0.3) is 0 Å². The van der Waals surface area contributed by atoms with Crippen molar-refractivity contribution in [1.29, 1.82) is 0 Å². The first kappa shape index (κ1) is 21.4. The maximum absolute atomic E-state index is 7.41. The Morgan fingerprint density at radius 1 is 1.03 bits per heavy atom. The number of benzene rings is 2. The smallest absolute Gasteiger partial charge is 0.0974 e. The average molecular weight is 455 g/mol. The summed E-state index contributed by atoms with van der Waals surface area (Å²) in [5.74, 6) is 1.21. The largest absolute Gasteiger partial charge is 0.378 e. The standard InChI is InChI=1S/C32H38O2/c1-3-18-33-27-11-10-25-20-26-14-15-30(2)28(24-9-8-22-6-4-5-7-23(22)19-24)12-13-29(30)32(26)17-16-31(25,21-27)34-32/h4-9,14,19-20,27-29H,3,10-13,15-18,21H2,1-2H3/t27-,28+,29+,30+,31+,32+/m0/s1. The van der Waals surface area contributed by atoms with Gasteiger partial charge in [0.05, 0.1) is 17.3 Å². The summed E-state index contributed by atoms with van der Waals surface area (Å²) < 4.78 is 13.7. The summed E-state index contributed by atoms with van der Waals surface area (Å²) in [5, 5.41) is 2.72. The van der Waals surface area contributed by atoms with Gasteiger partial charge >= 0.3 is 0 Å². The minimum Gasteiger partial charge on any atom is -0.378 e. The third kappa shape index (κ3) is 2.88. The van der Waals surface area contributed by atoms with E-state index in [0.29, 0.717) is 17.9 Å². The molecule has 0 unspecified atom stereocenters. The van der Waals surface area contributed by atoms with E-state index in [2.05, 4.69) is 68.5 Å². The highest BCUT2D eigenvalue weighted by molar-refractivity contribution is 5.83. The van der Waals surface area contributed by atoms with E-state index < -0.39 is 0 Å². The summed E-state index contributed by atoms with van der Waals surface area (Å²) in [5.41, 5.74) is 4.74. The maximum atomic E-state index is 7.41. The molecule has 0 radical (unpaired) electrons. The molecule has 2 aromatic carbocycles. The lowest BCUT2D eigenvalue weighted by atomic mass is 9.58. The fourth-order valence-corrected chi connectivity index (χ4v) is 8.76. The van der Waals surface area contributed by atoms with Gasteiger partial charge in [-0.2, -0.15) is 0 Å². The van der Waals surface area contributed by atoms with Crippen molar-refractivity contribution in [2.24, 2.45) is 11.3 Å². The van der Waals surface area contributed by atoms with Crippen molar-refractivity contribution in [2.75, 3.05) is 6.61 Å². The molecule has 5 aliphatic rings. The van der Waals surface area contributed by atoms with Crippen molar-refractivity contribution in [1.82, 2.24) is 0 Å². The second-order valence-electron chi connectivity index (χ2n) is 12.0. The van der Waals surface area contributed by atoms with E-state index in [0.717, 1.165) is 32.3 Å². The van der Waals surface area contributed by atoms with Crippen LogP contribution in [0.1, 0.15) is 83.1 Å². The predicted molar refractivity (Wildman–Crippen MR) is 138 cm³/mol. The molecule has 0 aromatic heterocycles. The topological polar surface area (TPSA) is 18.5 Å². The van der Waals surface area contributed by atoms with Crippen LogP contribution in [-0.4, -0.2) is 23.9 Å². The lowest BCUT2D eigenvalue weighted by Crippen LogP contribution is -2.54. The van der Waals surface area contributed by atoms with Gasteiger partial charge < -0.3 is 9.47 Å². The van der Waals surface area contributed by atoms with Crippen LogP contribution in [0.15, 0.2) is 65.8 Å². The highest BCUT2D eigenvalue weighted by Crippen LogP contribution is 2.69. The predicted octanol–water partition coefficient (Wildman–Crippen LogP) is 7.88. The van der Waals surface area contributed by atoms with Crippen LogP contribution in [0.3, 0.4) is 0 Å². The van der Waals surface area contributed by atoms with Gasteiger partial charge in [0.1, 0.15) is 0 Å². The van der Waals surface area contributed by atoms with Gasteiger partial charge in [-0.05, 0) is 96.1 Å². The molecule has 7 rings (SSSR count). The van der Waals surface area contributed by atoms with Crippen LogP contribution in [0.2, 0.25) is 0 Å². The molecular weight excluding hydrogens is 416 g/mol. The number of rotatable bonds is 4. The Hall–Kier alpha value is -1.90. The molecule has 6 atom stereocenters. The molecule has 0 N–H and O–H groups in total. The number of ether oxygens (including phenoxy) is 2. The average Bonchev–Trinajstić information content (AvgIpc) is 3.37. The molecule has 0 amide bonds. The Morgan fingerprint density at radius 3 is 2.79 bits per heavy atom. The van der Waals surface area contributed by atoms with E-state index in [4.69, 9.17) is 9.47 Å². The van der Waals surface area contributed by atoms with Crippen LogP contribution in [0, 0.1) is 11.3 Å². The summed E-state index contributed by atoms with van der Waals surface area (Å²) in [6.45, 7) is 5.67. The first-order valence-corrected chi connectivity index (χ1v) is 13.8. The van der Waals surface area contributed by atoms with Crippen molar-refractivity contribution >= 4 is 10.8 Å². The van der Waals surface area contributed by atoms with Crippen LogP contribution in [0.25, 0.3) is 10.8 Å². The van der Waals surface area contributed by atoms with Crippen molar-refractivity contribution in [3.63, 3.8) is 0 Å². The van der Waals surface area contributed by atoms with Crippen molar-refractivity contribution in [3.05, 3.63) is 71.3 Å². The second-order valence-corrected chi connectivity index (χ2v) is 12.0. The zero-order chi connectivity index (χ0) is 23.0. The summed E-state index contributed by atoms with van der Waals surface area (Å²) in [4.78, 5) is 0. The van der Waals surface area contributed by atoms with E-state index in [1.165, 1.54) is 54.0 Å². The van der Waals surface area contributed by atoms with Crippen molar-refractivity contribution < 1.29 is 9.47 Å². The molecule has 2 bridgehead atoms. The zero-order valence-electron chi connectivity index (χ0n) is 20.8. The molecule has 2 heterocycles. The molecule has 2 nitrogen and oxygen atoms in total. The zero-order valence-corrected chi connectivity index (χ0v) is 20.8. The molecule has 2 aliphatic heterocycles. The summed E-state index contributed by atoms with van der Waals surface area (Å²) in [7, 11) is 0. The summed E-state index contributed by atoms with van der Waals surface area (Å²) >= 11 is 0. The number of hydrogen-bond acceptors (Lipinski definition) is 2. The monoisotopic (exact) mass is 454 g/mol. The fourth-order valence-electron chi connectivity index (χ4n) is 8.76. The number of fused-ring (bicyclic) bond motifs is 2. The van der Waals surface area contributed by atoms with Gasteiger partial charge in [-0.25, -0.2) is 0 Å². The lowest BCUT2D eigenvalue weighted by molar-refractivity contribution is -0.149. The lowest BCUT2D eigenvalue weighted by Gasteiger charge is -2.54. The van der Waals surface area contributed by atoms with Crippen LogP contribution >= 0.6 is 0 Å².